The van der Waals surface area contributed by atoms with Gasteiger partial charge in [-0.15, -0.1) is 0 Å². The van der Waals surface area contributed by atoms with Gasteiger partial charge < -0.3 is 15.5 Å². The molecule has 2 fully saturated rings. The normalized spacial score (nSPS) is 16.1. The number of pyridine rings is 2. The van der Waals surface area contributed by atoms with Crippen LogP contribution in [0.15, 0.2) is 48.9 Å². The van der Waals surface area contributed by atoms with Crippen LogP contribution in [0.5, 0.6) is 0 Å². The summed E-state index contributed by atoms with van der Waals surface area (Å²) in [6, 6.07) is 10.4. The maximum absolute atomic E-state index is 5.15. The van der Waals surface area contributed by atoms with Gasteiger partial charge in [0.15, 0.2) is 5.82 Å². The Balaban J connectivity index is 1.43. The highest BCUT2D eigenvalue weighted by Gasteiger charge is 2.29. The zero-order chi connectivity index (χ0) is 23.1. The summed E-state index contributed by atoms with van der Waals surface area (Å²) in [5.74, 6) is 3.11. The molecule has 0 atom stereocenters. The summed E-state index contributed by atoms with van der Waals surface area (Å²) in [4.78, 5) is 21.6. The van der Waals surface area contributed by atoms with Crippen LogP contribution in [-0.4, -0.2) is 46.1 Å². The Labute approximate surface area is 199 Å². The van der Waals surface area contributed by atoms with Crippen molar-refractivity contribution in [2.45, 2.75) is 32.6 Å². The summed E-state index contributed by atoms with van der Waals surface area (Å²) in [6.45, 7) is 8.01. The van der Waals surface area contributed by atoms with Gasteiger partial charge in [-0.3, -0.25) is 4.98 Å². The van der Waals surface area contributed by atoms with Crippen LogP contribution in [0.1, 0.15) is 35.4 Å². The van der Waals surface area contributed by atoms with Gasteiger partial charge >= 0.3 is 0 Å². The van der Waals surface area contributed by atoms with Crippen LogP contribution in [0, 0.1) is 13.8 Å². The minimum absolute atomic E-state index is 0.585. The quantitative estimate of drug-likeness (QED) is 0.454. The maximum Gasteiger partial charge on any atom is 0.162 e. The largest absolute Gasteiger partial charge is 0.353 e. The minimum Gasteiger partial charge on any atom is -0.353 e. The Morgan fingerprint density at radius 3 is 2.65 bits per heavy atom. The molecule has 4 aromatic rings. The predicted octanol–water partition coefficient (Wildman–Crippen LogP) is 4.73. The molecule has 1 aliphatic heterocycles. The number of benzene rings is 1. The molecule has 6 rings (SSSR count). The van der Waals surface area contributed by atoms with Crippen molar-refractivity contribution < 1.29 is 0 Å². The van der Waals surface area contributed by atoms with E-state index in [1.54, 1.807) is 0 Å². The summed E-state index contributed by atoms with van der Waals surface area (Å²) in [7, 11) is 0. The van der Waals surface area contributed by atoms with Gasteiger partial charge in [0.1, 0.15) is 11.6 Å². The number of rotatable bonds is 5. The predicted molar refractivity (Wildman–Crippen MR) is 137 cm³/mol. The van der Waals surface area contributed by atoms with Crippen molar-refractivity contribution in [3.8, 4) is 11.4 Å². The van der Waals surface area contributed by atoms with E-state index in [4.69, 9.17) is 9.97 Å². The molecule has 0 radical (unpaired) electrons. The molecule has 1 saturated heterocycles. The average molecular weight is 452 g/mol. The van der Waals surface area contributed by atoms with Crippen LogP contribution in [0.3, 0.4) is 0 Å². The first-order valence-electron chi connectivity index (χ1n) is 12.1. The Morgan fingerprint density at radius 1 is 1.00 bits per heavy atom. The fraction of sp³-hybridized carbons (Fsp3) is 0.333. The van der Waals surface area contributed by atoms with Gasteiger partial charge in [-0.2, -0.15) is 0 Å². The molecule has 1 aliphatic carbocycles. The maximum atomic E-state index is 5.15. The van der Waals surface area contributed by atoms with Crippen molar-refractivity contribution in [1.82, 2.24) is 25.3 Å². The highest BCUT2D eigenvalue weighted by atomic mass is 15.2. The number of nitrogens with one attached hydrogen (secondary N) is 2. The first-order chi connectivity index (χ1) is 16.7. The molecule has 0 amide bonds. The topological polar surface area (TPSA) is 78.9 Å². The first-order valence-corrected chi connectivity index (χ1v) is 12.1. The van der Waals surface area contributed by atoms with Crippen LogP contribution in [0.25, 0.3) is 22.3 Å². The SMILES string of the molecule is Cc1ccc(Nc2cc(-c3nc(N4CCNCC4)c4c(C5CC5)cncc4n3)ccn2)c(C)c1. The number of hydrogen-bond acceptors (Lipinski definition) is 7. The standard InChI is InChI=1S/C27H29N7/c1-17-3-6-22(18(2)13-17)31-24-14-20(7-8-30-24)26-32-23-16-29-15-21(19-4-5-19)25(23)27(33-26)34-11-9-28-10-12-34/h3,6-8,13-16,19,28H,4-5,9-12H2,1-2H3,(H,30,31). The summed E-state index contributed by atoms with van der Waals surface area (Å²) < 4.78 is 0. The van der Waals surface area contributed by atoms with Gasteiger partial charge in [0.25, 0.3) is 0 Å². The summed E-state index contributed by atoms with van der Waals surface area (Å²) >= 11 is 0. The van der Waals surface area contributed by atoms with Crippen LogP contribution in [0.4, 0.5) is 17.3 Å². The molecule has 3 aromatic heterocycles. The Bertz CT molecular complexity index is 1360. The van der Waals surface area contributed by atoms with Crippen LogP contribution < -0.4 is 15.5 Å². The Hall–Kier alpha value is -3.58. The van der Waals surface area contributed by atoms with Crippen molar-refractivity contribution in [3.63, 3.8) is 0 Å². The molecule has 34 heavy (non-hydrogen) atoms. The van der Waals surface area contributed by atoms with Crippen molar-refractivity contribution in [3.05, 3.63) is 65.6 Å². The number of piperazine rings is 1. The third-order valence-electron chi connectivity index (χ3n) is 6.71. The van der Waals surface area contributed by atoms with E-state index in [0.29, 0.717) is 11.7 Å². The number of hydrogen-bond donors (Lipinski definition) is 2. The van der Waals surface area contributed by atoms with E-state index in [-0.39, 0.29) is 0 Å². The highest BCUT2D eigenvalue weighted by Crippen LogP contribution is 2.44. The van der Waals surface area contributed by atoms with Crippen molar-refractivity contribution in [2.75, 3.05) is 36.4 Å². The summed E-state index contributed by atoms with van der Waals surface area (Å²) in [5.41, 5.74) is 6.64. The molecule has 7 heteroatoms. The van der Waals surface area contributed by atoms with Crippen molar-refractivity contribution >= 4 is 28.2 Å². The average Bonchev–Trinajstić information content (AvgIpc) is 3.71. The number of anilines is 3. The lowest BCUT2D eigenvalue weighted by molar-refractivity contribution is 0.586. The monoisotopic (exact) mass is 451 g/mol. The van der Waals surface area contributed by atoms with E-state index in [0.717, 1.165) is 54.6 Å². The second kappa shape index (κ2) is 8.65. The highest BCUT2D eigenvalue weighted by molar-refractivity contribution is 5.94. The van der Waals surface area contributed by atoms with Crippen LogP contribution in [-0.2, 0) is 0 Å². The van der Waals surface area contributed by atoms with E-state index in [1.807, 2.05) is 30.7 Å². The molecular formula is C27H29N7. The van der Waals surface area contributed by atoms with Gasteiger partial charge in [-0.05, 0) is 61.9 Å². The second-order valence-electron chi connectivity index (χ2n) is 9.38. The van der Waals surface area contributed by atoms with E-state index in [2.05, 4.69) is 57.5 Å². The molecule has 2 aliphatic rings. The van der Waals surface area contributed by atoms with Gasteiger partial charge in [0, 0.05) is 55.2 Å². The third-order valence-corrected chi connectivity index (χ3v) is 6.71. The summed E-state index contributed by atoms with van der Waals surface area (Å²) in [6.07, 6.45) is 8.17. The lowest BCUT2D eigenvalue weighted by Crippen LogP contribution is -2.44. The smallest absolute Gasteiger partial charge is 0.162 e. The number of aromatic nitrogens is 4. The molecule has 2 N–H and O–H groups in total. The molecule has 0 unspecified atom stereocenters. The zero-order valence-electron chi connectivity index (χ0n) is 19.7. The Morgan fingerprint density at radius 2 is 1.85 bits per heavy atom. The lowest BCUT2D eigenvalue weighted by Gasteiger charge is -2.30. The van der Waals surface area contributed by atoms with E-state index in [1.165, 1.54) is 34.9 Å². The molecular weight excluding hydrogens is 422 g/mol. The molecule has 0 bridgehead atoms. The molecule has 1 saturated carbocycles. The summed E-state index contributed by atoms with van der Waals surface area (Å²) in [5, 5.41) is 8.08. The molecule has 1 aromatic carbocycles. The molecule has 4 heterocycles. The second-order valence-corrected chi connectivity index (χ2v) is 9.38. The van der Waals surface area contributed by atoms with Gasteiger partial charge in [-0.1, -0.05) is 17.7 Å². The molecule has 0 spiro atoms. The Kier molecular flexibility index (Phi) is 5.34. The van der Waals surface area contributed by atoms with E-state index >= 15 is 0 Å². The molecule has 172 valence electrons. The lowest BCUT2D eigenvalue weighted by atomic mass is 10.1. The number of aryl methyl sites for hydroxylation is 2. The van der Waals surface area contributed by atoms with Gasteiger partial charge in [0.2, 0.25) is 0 Å². The first kappa shape index (κ1) is 21.0. The number of fused-ring (bicyclic) bond motifs is 1. The van der Waals surface area contributed by atoms with Crippen LogP contribution in [0.2, 0.25) is 0 Å². The fourth-order valence-electron chi connectivity index (χ4n) is 4.76. The van der Waals surface area contributed by atoms with Gasteiger partial charge in [-0.25, -0.2) is 15.0 Å². The number of nitrogens with zero attached hydrogens (tertiary/aromatic N) is 5. The van der Waals surface area contributed by atoms with Crippen LogP contribution >= 0.6 is 0 Å². The van der Waals surface area contributed by atoms with Crippen molar-refractivity contribution in [1.29, 1.82) is 0 Å². The fourth-order valence-corrected chi connectivity index (χ4v) is 4.76. The van der Waals surface area contributed by atoms with Gasteiger partial charge in [0.05, 0.1) is 11.7 Å². The van der Waals surface area contributed by atoms with E-state index in [9.17, 15) is 0 Å². The van der Waals surface area contributed by atoms with Crippen molar-refractivity contribution in [2.24, 2.45) is 0 Å². The molecule has 7 nitrogen and oxygen atoms in total. The third kappa shape index (κ3) is 4.07. The minimum atomic E-state index is 0.585. The van der Waals surface area contributed by atoms with E-state index < -0.39 is 0 Å². The zero-order valence-corrected chi connectivity index (χ0v) is 19.7.